The minimum Gasteiger partial charge on any atom is -0.237 e. The molecule has 2 aliphatic carbocycles. The van der Waals surface area contributed by atoms with Gasteiger partial charge in [0.2, 0.25) is 0 Å². The minimum absolute atomic E-state index is 0.435. The molecule has 0 bridgehead atoms. The van der Waals surface area contributed by atoms with Gasteiger partial charge < -0.3 is 0 Å². The molecule has 0 aromatic carbocycles. The van der Waals surface area contributed by atoms with Crippen molar-refractivity contribution in [1.82, 2.24) is 4.98 Å². The predicted molar refractivity (Wildman–Crippen MR) is 83.0 cm³/mol. The molecule has 0 aliphatic heterocycles. The van der Waals surface area contributed by atoms with E-state index in [1.54, 1.807) is 17.8 Å². The SMILES string of the molecule is FC(F)(F)c1ccc(CC2CCC2)c(SC2CCCCC2)n1. The van der Waals surface area contributed by atoms with E-state index < -0.39 is 11.9 Å². The summed E-state index contributed by atoms with van der Waals surface area (Å²) in [4.78, 5) is 3.99. The van der Waals surface area contributed by atoms with Crippen LogP contribution in [0.2, 0.25) is 0 Å². The molecule has 0 N–H and O–H groups in total. The van der Waals surface area contributed by atoms with Crippen LogP contribution in [0.5, 0.6) is 0 Å². The smallest absolute Gasteiger partial charge is 0.237 e. The molecular formula is C17H22F3NS. The molecule has 0 spiro atoms. The number of hydrogen-bond donors (Lipinski definition) is 0. The first kappa shape index (κ1) is 16.2. The van der Waals surface area contributed by atoms with Crippen LogP contribution in [-0.2, 0) is 12.6 Å². The van der Waals surface area contributed by atoms with E-state index >= 15 is 0 Å². The van der Waals surface area contributed by atoms with Gasteiger partial charge in [0.25, 0.3) is 0 Å². The lowest BCUT2D eigenvalue weighted by Crippen LogP contribution is -2.17. The first-order chi connectivity index (χ1) is 10.5. The molecule has 1 aromatic heterocycles. The third kappa shape index (κ3) is 3.98. The summed E-state index contributed by atoms with van der Waals surface area (Å²) in [6, 6.07) is 2.82. The summed E-state index contributed by atoms with van der Waals surface area (Å²) >= 11 is 1.59. The Bertz CT molecular complexity index is 505. The van der Waals surface area contributed by atoms with Crippen molar-refractivity contribution in [3.8, 4) is 0 Å². The highest BCUT2D eigenvalue weighted by atomic mass is 32.2. The van der Waals surface area contributed by atoms with Crippen LogP contribution in [0, 0.1) is 5.92 Å². The number of thioether (sulfide) groups is 1. The highest BCUT2D eigenvalue weighted by molar-refractivity contribution is 7.99. The Morgan fingerprint density at radius 1 is 1.00 bits per heavy atom. The number of hydrogen-bond acceptors (Lipinski definition) is 2. The molecule has 1 nitrogen and oxygen atoms in total. The van der Waals surface area contributed by atoms with Crippen molar-refractivity contribution >= 4 is 11.8 Å². The molecular weight excluding hydrogens is 307 g/mol. The maximum atomic E-state index is 12.9. The molecule has 2 aliphatic rings. The van der Waals surface area contributed by atoms with Gasteiger partial charge in [-0.1, -0.05) is 44.6 Å². The third-order valence-corrected chi connectivity index (χ3v) is 6.17. The fourth-order valence-electron chi connectivity index (χ4n) is 3.23. The summed E-state index contributed by atoms with van der Waals surface area (Å²) in [7, 11) is 0. The monoisotopic (exact) mass is 329 g/mol. The van der Waals surface area contributed by atoms with Crippen LogP contribution in [0.25, 0.3) is 0 Å². The van der Waals surface area contributed by atoms with E-state index in [1.807, 2.05) is 0 Å². The van der Waals surface area contributed by atoms with Gasteiger partial charge in [0.05, 0.1) is 0 Å². The van der Waals surface area contributed by atoms with E-state index in [0.717, 1.165) is 30.9 Å². The molecule has 1 heterocycles. The molecule has 22 heavy (non-hydrogen) atoms. The number of nitrogens with zero attached hydrogens (tertiary/aromatic N) is 1. The molecule has 0 unspecified atom stereocenters. The second-order valence-corrected chi connectivity index (χ2v) is 7.83. The van der Waals surface area contributed by atoms with E-state index in [2.05, 4.69) is 4.98 Å². The number of alkyl halides is 3. The zero-order valence-electron chi connectivity index (χ0n) is 12.7. The maximum absolute atomic E-state index is 12.9. The second kappa shape index (κ2) is 6.81. The zero-order valence-corrected chi connectivity index (χ0v) is 13.5. The summed E-state index contributed by atoms with van der Waals surface area (Å²) < 4.78 is 38.8. The lowest BCUT2D eigenvalue weighted by molar-refractivity contribution is -0.141. The van der Waals surface area contributed by atoms with Gasteiger partial charge in [-0.3, -0.25) is 0 Å². The lowest BCUT2D eigenvalue weighted by Gasteiger charge is -2.27. The maximum Gasteiger partial charge on any atom is 0.433 e. The van der Waals surface area contributed by atoms with E-state index in [-0.39, 0.29) is 0 Å². The van der Waals surface area contributed by atoms with Gasteiger partial charge in [-0.05, 0) is 36.8 Å². The van der Waals surface area contributed by atoms with Crippen molar-refractivity contribution in [2.45, 2.75) is 74.2 Å². The van der Waals surface area contributed by atoms with Crippen molar-refractivity contribution < 1.29 is 13.2 Å². The topological polar surface area (TPSA) is 12.9 Å². The van der Waals surface area contributed by atoms with E-state index in [4.69, 9.17) is 0 Å². The zero-order chi connectivity index (χ0) is 15.6. The molecule has 0 radical (unpaired) electrons. The highest BCUT2D eigenvalue weighted by Crippen LogP contribution is 2.39. The first-order valence-electron chi connectivity index (χ1n) is 8.26. The van der Waals surface area contributed by atoms with Crippen molar-refractivity contribution in [1.29, 1.82) is 0 Å². The van der Waals surface area contributed by atoms with Crippen LogP contribution < -0.4 is 0 Å². The fourth-order valence-corrected chi connectivity index (χ4v) is 4.57. The van der Waals surface area contributed by atoms with Crippen molar-refractivity contribution in [3.05, 3.63) is 23.4 Å². The molecule has 0 atom stereocenters. The molecule has 5 heteroatoms. The summed E-state index contributed by atoms with van der Waals surface area (Å²) in [6.45, 7) is 0. The van der Waals surface area contributed by atoms with Gasteiger partial charge in [-0.2, -0.15) is 13.2 Å². The van der Waals surface area contributed by atoms with Gasteiger partial charge in [-0.15, -0.1) is 11.8 Å². The van der Waals surface area contributed by atoms with Gasteiger partial charge in [0, 0.05) is 5.25 Å². The number of rotatable bonds is 4. The predicted octanol–water partition coefficient (Wildman–Crippen LogP) is 5.87. The number of pyridine rings is 1. The normalized spacial score (nSPS) is 20.9. The second-order valence-electron chi connectivity index (χ2n) is 6.54. The Morgan fingerprint density at radius 3 is 2.32 bits per heavy atom. The Labute approximate surface area is 134 Å². The van der Waals surface area contributed by atoms with Gasteiger partial charge in [0.1, 0.15) is 10.7 Å². The average molecular weight is 329 g/mol. The quantitative estimate of drug-likeness (QED) is 0.685. The largest absolute Gasteiger partial charge is 0.433 e. The first-order valence-corrected chi connectivity index (χ1v) is 9.14. The van der Waals surface area contributed by atoms with Crippen molar-refractivity contribution in [2.75, 3.05) is 0 Å². The average Bonchev–Trinajstić information content (AvgIpc) is 2.44. The third-order valence-electron chi connectivity index (χ3n) is 4.79. The standard InChI is InChI=1S/C17H22F3NS/c18-17(19,20)15-10-9-13(11-12-5-4-6-12)16(21-15)22-14-7-2-1-3-8-14/h9-10,12,14H,1-8,11H2. The van der Waals surface area contributed by atoms with Crippen LogP contribution in [0.15, 0.2) is 17.2 Å². The summed E-state index contributed by atoms with van der Waals surface area (Å²) in [5.41, 5.74) is 0.274. The van der Waals surface area contributed by atoms with Crippen LogP contribution in [-0.4, -0.2) is 10.2 Å². The van der Waals surface area contributed by atoms with Crippen molar-refractivity contribution in [3.63, 3.8) is 0 Å². The molecule has 1 aromatic rings. The lowest BCUT2D eigenvalue weighted by atomic mass is 9.81. The summed E-state index contributed by atoms with van der Waals surface area (Å²) in [5.74, 6) is 0.643. The van der Waals surface area contributed by atoms with Gasteiger partial charge in [-0.25, -0.2) is 4.98 Å². The molecule has 3 rings (SSSR count). The Balaban J connectivity index is 1.80. The Hall–Kier alpha value is -0.710. The van der Waals surface area contributed by atoms with Crippen LogP contribution in [0.1, 0.15) is 62.6 Å². The van der Waals surface area contributed by atoms with Gasteiger partial charge >= 0.3 is 6.18 Å². The fraction of sp³-hybridized carbons (Fsp3) is 0.706. The Morgan fingerprint density at radius 2 is 1.73 bits per heavy atom. The molecule has 2 fully saturated rings. The molecule has 122 valence electrons. The van der Waals surface area contributed by atoms with Crippen molar-refractivity contribution in [2.24, 2.45) is 5.92 Å². The van der Waals surface area contributed by atoms with Gasteiger partial charge in [0.15, 0.2) is 0 Å². The minimum atomic E-state index is -4.35. The van der Waals surface area contributed by atoms with Crippen LogP contribution in [0.4, 0.5) is 13.2 Å². The highest BCUT2D eigenvalue weighted by Gasteiger charge is 2.33. The molecule has 0 saturated heterocycles. The van der Waals surface area contributed by atoms with E-state index in [0.29, 0.717) is 16.2 Å². The van der Waals surface area contributed by atoms with Crippen LogP contribution in [0.3, 0.4) is 0 Å². The summed E-state index contributed by atoms with van der Waals surface area (Å²) in [5, 5.41) is 1.07. The molecule has 0 amide bonds. The number of halogens is 3. The van der Waals surface area contributed by atoms with E-state index in [1.165, 1.54) is 38.5 Å². The Kier molecular flexibility index (Phi) is 5.00. The summed E-state index contributed by atoms with van der Waals surface area (Å²) in [6.07, 6.45) is 6.03. The van der Waals surface area contributed by atoms with Crippen LogP contribution >= 0.6 is 11.8 Å². The number of aromatic nitrogens is 1. The van der Waals surface area contributed by atoms with E-state index in [9.17, 15) is 13.2 Å². The molecule has 2 saturated carbocycles.